The number of thioether (sulfide) groups is 1. The first-order chi connectivity index (χ1) is 10.00. The van der Waals surface area contributed by atoms with Crippen molar-refractivity contribution in [2.75, 3.05) is 0 Å². The van der Waals surface area contributed by atoms with E-state index < -0.39 is 23.2 Å². The predicted octanol–water partition coefficient (Wildman–Crippen LogP) is 4.06. The molecule has 0 radical (unpaired) electrons. The van der Waals surface area contributed by atoms with Crippen LogP contribution in [0.1, 0.15) is 32.4 Å². The number of alkyl halides is 3. The second-order valence-corrected chi connectivity index (χ2v) is 6.52. The second kappa shape index (κ2) is 7.04. The first-order valence-electron chi connectivity index (χ1n) is 6.31. The summed E-state index contributed by atoms with van der Waals surface area (Å²) in [7, 11) is 0. The molecule has 8 heteroatoms. The first-order valence-corrected chi connectivity index (χ1v) is 7.12. The fourth-order valence-corrected chi connectivity index (χ4v) is 2.14. The van der Waals surface area contributed by atoms with Gasteiger partial charge in [0, 0.05) is 4.90 Å². The van der Waals surface area contributed by atoms with Crippen molar-refractivity contribution in [2.24, 2.45) is 0 Å². The van der Waals surface area contributed by atoms with Gasteiger partial charge < -0.3 is 14.8 Å². The Labute approximate surface area is 130 Å². The molecule has 122 valence electrons. The van der Waals surface area contributed by atoms with E-state index in [1.165, 1.54) is 24.3 Å². The lowest BCUT2D eigenvalue weighted by molar-refractivity contribution is -0.109. The van der Waals surface area contributed by atoms with Crippen molar-refractivity contribution in [1.29, 1.82) is 0 Å². The SMILES string of the molecule is CC(C)(C)OC(=O)NC(C=O)c1cccc(SC(F)(F)F)c1. The quantitative estimate of drug-likeness (QED) is 0.666. The number of amides is 1. The van der Waals surface area contributed by atoms with Gasteiger partial charge in [-0.1, -0.05) is 12.1 Å². The number of halogens is 3. The molecule has 0 aliphatic rings. The van der Waals surface area contributed by atoms with Gasteiger partial charge in [0.15, 0.2) is 0 Å². The minimum absolute atomic E-state index is 0.0668. The predicted molar refractivity (Wildman–Crippen MR) is 76.5 cm³/mol. The lowest BCUT2D eigenvalue weighted by Gasteiger charge is -2.21. The molecule has 1 aromatic carbocycles. The van der Waals surface area contributed by atoms with Crippen molar-refractivity contribution < 1.29 is 27.5 Å². The van der Waals surface area contributed by atoms with Gasteiger partial charge in [-0.15, -0.1) is 0 Å². The second-order valence-electron chi connectivity index (χ2n) is 5.38. The molecule has 0 saturated heterocycles. The number of carbonyl (C=O) groups excluding carboxylic acids is 2. The van der Waals surface area contributed by atoms with Gasteiger partial charge in [-0.05, 0) is 50.2 Å². The fraction of sp³-hybridized carbons (Fsp3) is 0.429. The summed E-state index contributed by atoms with van der Waals surface area (Å²) in [5, 5.41) is 2.31. The number of nitrogens with one attached hydrogen (secondary N) is 1. The Morgan fingerprint density at radius 1 is 1.32 bits per heavy atom. The van der Waals surface area contributed by atoms with E-state index in [9.17, 15) is 22.8 Å². The minimum Gasteiger partial charge on any atom is -0.444 e. The highest BCUT2D eigenvalue weighted by atomic mass is 32.2. The fourth-order valence-electron chi connectivity index (χ4n) is 1.54. The molecule has 0 aromatic heterocycles. The van der Waals surface area contributed by atoms with Gasteiger partial charge in [-0.2, -0.15) is 13.2 Å². The summed E-state index contributed by atoms with van der Waals surface area (Å²) >= 11 is -0.288. The summed E-state index contributed by atoms with van der Waals surface area (Å²) < 4.78 is 42.1. The minimum atomic E-state index is -4.42. The Balaban J connectivity index is 2.85. The summed E-state index contributed by atoms with van der Waals surface area (Å²) in [4.78, 5) is 22.7. The van der Waals surface area contributed by atoms with Crippen molar-refractivity contribution in [1.82, 2.24) is 5.32 Å². The smallest absolute Gasteiger partial charge is 0.444 e. The molecule has 22 heavy (non-hydrogen) atoms. The molecule has 0 bridgehead atoms. The monoisotopic (exact) mass is 335 g/mol. The molecule has 1 atom stereocenters. The third kappa shape index (κ3) is 6.84. The number of rotatable bonds is 4. The van der Waals surface area contributed by atoms with Crippen LogP contribution in [0, 0.1) is 0 Å². The highest BCUT2D eigenvalue weighted by molar-refractivity contribution is 8.00. The number of aldehydes is 1. The Morgan fingerprint density at radius 3 is 2.45 bits per heavy atom. The van der Waals surface area contributed by atoms with Crippen LogP contribution < -0.4 is 5.32 Å². The highest BCUT2D eigenvalue weighted by Gasteiger charge is 2.29. The lowest BCUT2D eigenvalue weighted by Crippen LogP contribution is -2.35. The third-order valence-corrected chi connectivity index (χ3v) is 2.98. The van der Waals surface area contributed by atoms with Crippen LogP contribution in [0.15, 0.2) is 29.2 Å². The van der Waals surface area contributed by atoms with Crippen LogP contribution in [0.3, 0.4) is 0 Å². The zero-order chi connectivity index (χ0) is 17.0. The molecule has 0 heterocycles. The van der Waals surface area contributed by atoms with Crippen molar-refractivity contribution in [2.45, 2.75) is 42.8 Å². The van der Waals surface area contributed by atoms with Gasteiger partial charge in [0.05, 0.1) is 0 Å². The zero-order valence-electron chi connectivity index (χ0n) is 12.2. The number of ether oxygens (including phenoxy) is 1. The maximum absolute atomic E-state index is 12.4. The molecular weight excluding hydrogens is 319 g/mol. The van der Waals surface area contributed by atoms with E-state index in [4.69, 9.17) is 4.74 Å². The van der Waals surface area contributed by atoms with E-state index in [0.29, 0.717) is 6.29 Å². The number of hydrogen-bond acceptors (Lipinski definition) is 4. The van der Waals surface area contributed by atoms with E-state index in [2.05, 4.69) is 5.32 Å². The summed E-state index contributed by atoms with van der Waals surface area (Å²) in [5.74, 6) is 0. The van der Waals surface area contributed by atoms with Gasteiger partial charge in [-0.3, -0.25) is 0 Å². The van der Waals surface area contributed by atoms with Gasteiger partial charge in [0.2, 0.25) is 0 Å². The number of benzene rings is 1. The molecule has 1 rings (SSSR count). The summed E-state index contributed by atoms with van der Waals surface area (Å²) in [6, 6.07) is 4.24. The average Bonchev–Trinajstić information content (AvgIpc) is 2.32. The topological polar surface area (TPSA) is 55.4 Å². The van der Waals surface area contributed by atoms with Crippen LogP contribution in [0.25, 0.3) is 0 Å². The molecule has 4 nitrogen and oxygen atoms in total. The average molecular weight is 335 g/mol. The summed E-state index contributed by atoms with van der Waals surface area (Å²) in [5.41, 5.74) is -4.92. The van der Waals surface area contributed by atoms with E-state index in [-0.39, 0.29) is 22.2 Å². The van der Waals surface area contributed by atoms with Crippen molar-refractivity contribution in [3.05, 3.63) is 29.8 Å². The van der Waals surface area contributed by atoms with Gasteiger partial charge in [0.25, 0.3) is 0 Å². The van der Waals surface area contributed by atoms with Crippen LogP contribution in [-0.2, 0) is 9.53 Å². The summed E-state index contributed by atoms with van der Waals surface area (Å²) in [6.07, 6.45) is -0.389. The zero-order valence-corrected chi connectivity index (χ0v) is 13.0. The van der Waals surface area contributed by atoms with Crippen LogP contribution in [0.2, 0.25) is 0 Å². The van der Waals surface area contributed by atoms with Gasteiger partial charge >= 0.3 is 11.6 Å². The largest absolute Gasteiger partial charge is 0.446 e. The van der Waals surface area contributed by atoms with Crippen LogP contribution in [-0.4, -0.2) is 23.5 Å². The van der Waals surface area contributed by atoms with Crippen LogP contribution in [0.5, 0.6) is 0 Å². The number of hydrogen-bond donors (Lipinski definition) is 1. The molecule has 0 aliphatic carbocycles. The number of carbonyl (C=O) groups is 2. The normalized spacial score (nSPS) is 13.4. The molecule has 0 aliphatic heterocycles. The standard InChI is InChI=1S/C14H16F3NO3S/c1-13(2,3)21-12(20)18-11(8-19)9-5-4-6-10(7-9)22-14(15,16)17/h4-8,11H,1-3H3,(H,18,20). The summed E-state index contributed by atoms with van der Waals surface area (Å²) in [6.45, 7) is 4.97. The van der Waals surface area contributed by atoms with Gasteiger partial charge in [-0.25, -0.2) is 4.79 Å². The molecule has 1 N–H and O–H groups in total. The van der Waals surface area contributed by atoms with Crippen LogP contribution >= 0.6 is 11.8 Å². The van der Waals surface area contributed by atoms with E-state index in [1.807, 2.05) is 0 Å². The first kappa shape index (κ1) is 18.3. The van der Waals surface area contributed by atoms with E-state index in [1.54, 1.807) is 20.8 Å². The Kier molecular flexibility index (Phi) is 5.87. The third-order valence-electron chi connectivity index (χ3n) is 2.26. The molecule has 1 unspecified atom stereocenters. The van der Waals surface area contributed by atoms with E-state index >= 15 is 0 Å². The van der Waals surface area contributed by atoms with Crippen molar-refractivity contribution in [3.8, 4) is 0 Å². The lowest BCUT2D eigenvalue weighted by atomic mass is 10.1. The number of alkyl carbamates (subject to hydrolysis) is 1. The Morgan fingerprint density at radius 2 is 1.95 bits per heavy atom. The van der Waals surface area contributed by atoms with Crippen molar-refractivity contribution >= 4 is 24.1 Å². The Hall–Kier alpha value is -1.70. The molecule has 1 aromatic rings. The highest BCUT2D eigenvalue weighted by Crippen LogP contribution is 2.37. The molecule has 0 spiro atoms. The Bertz CT molecular complexity index is 541. The van der Waals surface area contributed by atoms with Gasteiger partial charge in [0.1, 0.15) is 17.9 Å². The molecule has 1 amide bonds. The van der Waals surface area contributed by atoms with E-state index in [0.717, 1.165) is 0 Å². The maximum Gasteiger partial charge on any atom is 0.446 e. The maximum atomic E-state index is 12.4. The molecule has 0 fully saturated rings. The molecule has 0 saturated carbocycles. The van der Waals surface area contributed by atoms with Crippen molar-refractivity contribution in [3.63, 3.8) is 0 Å². The molecular formula is C14H16F3NO3S. The van der Waals surface area contributed by atoms with Crippen LogP contribution in [0.4, 0.5) is 18.0 Å².